The molecule has 0 aliphatic rings. The smallest absolute Gasteiger partial charge is 0.224 e. The number of fused-ring (bicyclic) bond motifs is 1. The standard InChI is InChI=1S/C22H24N2O2/c1-13-10-19(18-9-15(3)20(26-5)11-14(18)2)24-22-16(12-21(25)23-4)7-6-8-17(13)22/h6-11H,12H2,1-5H3,(H,23,25). The predicted molar refractivity (Wildman–Crippen MR) is 106 cm³/mol. The molecule has 0 saturated carbocycles. The number of nitrogens with zero attached hydrogens (tertiary/aromatic N) is 1. The van der Waals surface area contributed by atoms with Gasteiger partial charge in [0, 0.05) is 18.0 Å². The molecular formula is C22H24N2O2. The average molecular weight is 348 g/mol. The number of pyridine rings is 1. The summed E-state index contributed by atoms with van der Waals surface area (Å²) in [5, 5.41) is 3.77. The monoisotopic (exact) mass is 348 g/mol. The minimum atomic E-state index is -0.0150. The number of ether oxygens (including phenoxy) is 1. The Morgan fingerprint density at radius 2 is 1.85 bits per heavy atom. The summed E-state index contributed by atoms with van der Waals surface area (Å²) in [6.07, 6.45) is 0.324. The van der Waals surface area contributed by atoms with E-state index in [-0.39, 0.29) is 5.91 Å². The first-order chi connectivity index (χ1) is 12.4. The van der Waals surface area contributed by atoms with Crippen LogP contribution in [0.4, 0.5) is 0 Å². The summed E-state index contributed by atoms with van der Waals surface area (Å²) in [4.78, 5) is 16.8. The third-order valence-electron chi connectivity index (χ3n) is 4.78. The van der Waals surface area contributed by atoms with Gasteiger partial charge in [-0.1, -0.05) is 18.2 Å². The third-order valence-corrected chi connectivity index (χ3v) is 4.78. The number of likely N-dealkylation sites (N-methyl/N-ethyl adjacent to an activating group) is 1. The number of aromatic nitrogens is 1. The van der Waals surface area contributed by atoms with Crippen molar-refractivity contribution in [3.05, 3.63) is 58.7 Å². The number of amides is 1. The van der Waals surface area contributed by atoms with Gasteiger partial charge in [0.25, 0.3) is 0 Å². The Morgan fingerprint density at radius 3 is 2.54 bits per heavy atom. The number of para-hydroxylation sites is 1. The zero-order valence-electron chi connectivity index (χ0n) is 15.9. The lowest BCUT2D eigenvalue weighted by molar-refractivity contribution is -0.119. The summed E-state index contributed by atoms with van der Waals surface area (Å²) in [7, 11) is 3.34. The molecule has 0 spiro atoms. The van der Waals surface area contributed by atoms with Gasteiger partial charge in [-0.2, -0.15) is 0 Å². The van der Waals surface area contributed by atoms with Crippen molar-refractivity contribution in [1.82, 2.24) is 10.3 Å². The molecule has 4 nitrogen and oxygen atoms in total. The molecule has 1 heterocycles. The Bertz CT molecular complexity index is 993. The molecular weight excluding hydrogens is 324 g/mol. The second-order valence-electron chi connectivity index (χ2n) is 6.62. The zero-order valence-corrected chi connectivity index (χ0v) is 15.9. The van der Waals surface area contributed by atoms with Gasteiger partial charge in [0.2, 0.25) is 5.91 Å². The van der Waals surface area contributed by atoms with Crippen LogP contribution in [0.5, 0.6) is 5.75 Å². The van der Waals surface area contributed by atoms with E-state index in [1.165, 1.54) is 0 Å². The first-order valence-corrected chi connectivity index (χ1v) is 8.70. The van der Waals surface area contributed by atoms with Gasteiger partial charge >= 0.3 is 0 Å². The van der Waals surface area contributed by atoms with Gasteiger partial charge in [-0.25, -0.2) is 4.98 Å². The highest BCUT2D eigenvalue weighted by Gasteiger charge is 2.13. The Hall–Kier alpha value is -2.88. The topological polar surface area (TPSA) is 51.2 Å². The van der Waals surface area contributed by atoms with E-state index in [0.29, 0.717) is 6.42 Å². The number of aryl methyl sites for hydroxylation is 3. The van der Waals surface area contributed by atoms with E-state index in [1.807, 2.05) is 25.1 Å². The van der Waals surface area contributed by atoms with Crippen molar-refractivity contribution >= 4 is 16.8 Å². The molecule has 0 radical (unpaired) electrons. The minimum Gasteiger partial charge on any atom is -0.496 e. The second kappa shape index (κ2) is 7.16. The summed E-state index contributed by atoms with van der Waals surface area (Å²) in [5.41, 5.74) is 7.17. The highest BCUT2D eigenvalue weighted by atomic mass is 16.5. The molecule has 26 heavy (non-hydrogen) atoms. The summed E-state index contributed by atoms with van der Waals surface area (Å²) in [6, 6.07) is 12.3. The Morgan fingerprint density at radius 1 is 1.08 bits per heavy atom. The largest absolute Gasteiger partial charge is 0.496 e. The van der Waals surface area contributed by atoms with Gasteiger partial charge < -0.3 is 10.1 Å². The number of hydrogen-bond acceptors (Lipinski definition) is 3. The lowest BCUT2D eigenvalue weighted by Gasteiger charge is -2.14. The molecule has 1 N–H and O–H groups in total. The Kier molecular flexibility index (Phi) is 4.94. The molecule has 0 bridgehead atoms. The van der Waals surface area contributed by atoms with Crippen LogP contribution in [-0.2, 0) is 11.2 Å². The van der Waals surface area contributed by atoms with E-state index in [4.69, 9.17) is 9.72 Å². The van der Waals surface area contributed by atoms with Crippen LogP contribution in [0.1, 0.15) is 22.3 Å². The summed E-state index contributed by atoms with van der Waals surface area (Å²) in [6.45, 7) is 6.19. The number of hydrogen-bond donors (Lipinski definition) is 1. The van der Waals surface area contributed by atoms with E-state index in [2.05, 4.69) is 37.4 Å². The first-order valence-electron chi connectivity index (χ1n) is 8.70. The van der Waals surface area contributed by atoms with Gasteiger partial charge in [0.1, 0.15) is 5.75 Å². The SMILES string of the molecule is CNC(=O)Cc1cccc2c(C)cc(-c3cc(C)c(OC)cc3C)nc12. The van der Waals surface area contributed by atoms with E-state index in [9.17, 15) is 4.79 Å². The first kappa shape index (κ1) is 17.9. The van der Waals surface area contributed by atoms with Crippen molar-refractivity contribution in [3.63, 3.8) is 0 Å². The van der Waals surface area contributed by atoms with Crippen molar-refractivity contribution in [1.29, 1.82) is 0 Å². The predicted octanol–water partition coefficient (Wildman–Crippen LogP) is 4.12. The van der Waals surface area contributed by atoms with Crippen LogP contribution in [0.15, 0.2) is 36.4 Å². The average Bonchev–Trinajstić information content (AvgIpc) is 2.63. The molecule has 0 saturated heterocycles. The number of carbonyl (C=O) groups is 1. The van der Waals surface area contributed by atoms with Crippen molar-refractivity contribution < 1.29 is 9.53 Å². The van der Waals surface area contributed by atoms with Crippen LogP contribution in [0.3, 0.4) is 0 Å². The summed E-state index contributed by atoms with van der Waals surface area (Å²) >= 11 is 0. The molecule has 2 aromatic carbocycles. The van der Waals surface area contributed by atoms with Crippen LogP contribution in [0, 0.1) is 20.8 Å². The summed E-state index contributed by atoms with van der Waals surface area (Å²) < 4.78 is 5.42. The molecule has 0 fully saturated rings. The van der Waals surface area contributed by atoms with Gasteiger partial charge in [-0.05, 0) is 61.2 Å². The third kappa shape index (κ3) is 3.27. The number of benzene rings is 2. The highest BCUT2D eigenvalue weighted by Crippen LogP contribution is 2.32. The van der Waals surface area contributed by atoms with E-state index < -0.39 is 0 Å². The number of nitrogens with one attached hydrogen (secondary N) is 1. The van der Waals surface area contributed by atoms with E-state index in [1.54, 1.807) is 14.2 Å². The number of carbonyl (C=O) groups excluding carboxylic acids is 1. The van der Waals surface area contributed by atoms with Gasteiger partial charge in [0.15, 0.2) is 0 Å². The van der Waals surface area contributed by atoms with E-state index >= 15 is 0 Å². The molecule has 3 rings (SSSR count). The fourth-order valence-electron chi connectivity index (χ4n) is 3.30. The van der Waals surface area contributed by atoms with Crippen LogP contribution >= 0.6 is 0 Å². The van der Waals surface area contributed by atoms with Crippen molar-refractivity contribution in [2.45, 2.75) is 27.2 Å². The second-order valence-corrected chi connectivity index (χ2v) is 6.62. The van der Waals surface area contributed by atoms with Gasteiger partial charge in [0.05, 0.1) is 24.7 Å². The number of rotatable bonds is 4. The van der Waals surface area contributed by atoms with Crippen LogP contribution in [0.2, 0.25) is 0 Å². The van der Waals surface area contributed by atoms with Crippen LogP contribution < -0.4 is 10.1 Å². The van der Waals surface area contributed by atoms with Gasteiger partial charge in [-0.3, -0.25) is 4.79 Å². The maximum Gasteiger partial charge on any atom is 0.224 e. The van der Waals surface area contributed by atoms with Crippen molar-refractivity contribution in [2.75, 3.05) is 14.2 Å². The molecule has 1 aromatic heterocycles. The highest BCUT2D eigenvalue weighted by molar-refractivity contribution is 5.91. The Labute approximate surface area is 154 Å². The van der Waals surface area contributed by atoms with Crippen molar-refractivity contribution in [2.24, 2.45) is 0 Å². The van der Waals surface area contributed by atoms with Crippen molar-refractivity contribution in [3.8, 4) is 17.0 Å². The molecule has 0 aliphatic heterocycles. The molecule has 1 amide bonds. The zero-order chi connectivity index (χ0) is 18.8. The Balaban J connectivity index is 2.21. The molecule has 0 atom stereocenters. The molecule has 4 heteroatoms. The molecule has 3 aromatic rings. The molecule has 0 aliphatic carbocycles. The number of methoxy groups -OCH3 is 1. The van der Waals surface area contributed by atoms with E-state index in [0.717, 1.165) is 50.2 Å². The minimum absolute atomic E-state index is 0.0150. The van der Waals surface area contributed by atoms with Crippen LogP contribution in [-0.4, -0.2) is 25.0 Å². The maximum atomic E-state index is 11.9. The molecule has 134 valence electrons. The van der Waals surface area contributed by atoms with Gasteiger partial charge in [-0.15, -0.1) is 0 Å². The maximum absolute atomic E-state index is 11.9. The molecule has 0 unspecified atom stereocenters. The fraction of sp³-hybridized carbons (Fsp3) is 0.273. The lowest BCUT2D eigenvalue weighted by Crippen LogP contribution is -2.20. The fourth-order valence-corrected chi connectivity index (χ4v) is 3.30. The quantitative estimate of drug-likeness (QED) is 0.771. The lowest BCUT2D eigenvalue weighted by atomic mass is 9.97. The summed E-state index contributed by atoms with van der Waals surface area (Å²) in [5.74, 6) is 0.864. The normalized spacial score (nSPS) is 10.8. The van der Waals surface area contributed by atoms with Crippen LogP contribution in [0.25, 0.3) is 22.2 Å².